The molecule has 4 heteroatoms. The molecule has 70 valence electrons. The Balaban J connectivity index is 2.36. The number of hydrogen-bond acceptors (Lipinski definition) is 2. The van der Waals surface area contributed by atoms with Crippen molar-refractivity contribution in [1.29, 1.82) is 0 Å². The highest BCUT2D eigenvalue weighted by Gasteiger charge is 2.36. The first-order valence-corrected chi connectivity index (χ1v) is 4.32. The second-order valence-corrected chi connectivity index (χ2v) is 4.01. The van der Waals surface area contributed by atoms with E-state index >= 15 is 0 Å². The minimum atomic E-state index is -0.835. The first kappa shape index (κ1) is 8.97. The van der Waals surface area contributed by atoms with Crippen molar-refractivity contribution in [1.82, 2.24) is 0 Å². The van der Waals surface area contributed by atoms with Gasteiger partial charge in [-0.1, -0.05) is 6.07 Å². The summed E-state index contributed by atoms with van der Waals surface area (Å²) in [4.78, 5) is 0. The predicted molar refractivity (Wildman–Crippen MR) is 47.8 cm³/mol. The third-order valence-electron chi connectivity index (χ3n) is 2.14. The molecule has 0 N–H and O–H groups in total. The highest BCUT2D eigenvalue weighted by molar-refractivity contribution is 7.81. The molecular weight excluding hydrogens is 194 g/mol. The van der Waals surface area contributed by atoms with E-state index in [4.69, 9.17) is 4.74 Å². The van der Waals surface area contributed by atoms with Crippen LogP contribution in [0.4, 0.5) is 8.78 Å². The molecule has 1 aliphatic heterocycles. The van der Waals surface area contributed by atoms with Gasteiger partial charge in [-0.05, 0) is 17.7 Å². The Morgan fingerprint density at radius 2 is 1.92 bits per heavy atom. The van der Waals surface area contributed by atoms with Crippen LogP contribution in [0.1, 0.15) is 5.56 Å². The Hall–Kier alpha value is -0.610. The normalized spacial score (nSPS) is 19.6. The molecule has 2 rings (SSSR count). The molecule has 1 saturated heterocycles. The molecule has 1 aromatic carbocycles. The zero-order chi connectivity index (χ0) is 9.47. The lowest BCUT2D eigenvalue weighted by molar-refractivity contribution is -0.00984. The van der Waals surface area contributed by atoms with Crippen molar-refractivity contribution in [2.24, 2.45) is 0 Å². The summed E-state index contributed by atoms with van der Waals surface area (Å²) in [6.45, 7) is 0.891. The quantitative estimate of drug-likeness (QED) is 0.686. The minimum absolute atomic E-state index is 0.436. The molecular formula is C9H8F2OS. The van der Waals surface area contributed by atoms with Gasteiger partial charge in [0.2, 0.25) is 0 Å². The van der Waals surface area contributed by atoms with E-state index in [9.17, 15) is 8.78 Å². The molecule has 0 saturated carbocycles. The molecule has 13 heavy (non-hydrogen) atoms. The monoisotopic (exact) mass is 202 g/mol. The highest BCUT2D eigenvalue weighted by atomic mass is 32.1. The van der Waals surface area contributed by atoms with Crippen LogP contribution in [-0.2, 0) is 9.48 Å². The number of halogens is 2. The van der Waals surface area contributed by atoms with Gasteiger partial charge in [-0.2, -0.15) is 12.6 Å². The van der Waals surface area contributed by atoms with E-state index in [-0.39, 0.29) is 0 Å². The lowest BCUT2D eigenvalue weighted by Crippen LogP contribution is -2.41. The lowest BCUT2D eigenvalue weighted by Gasteiger charge is -2.37. The maximum absolute atomic E-state index is 12.8. The van der Waals surface area contributed by atoms with Crippen molar-refractivity contribution >= 4 is 12.6 Å². The fourth-order valence-electron chi connectivity index (χ4n) is 1.25. The van der Waals surface area contributed by atoms with Gasteiger partial charge in [-0.15, -0.1) is 0 Å². The molecule has 0 aliphatic carbocycles. The van der Waals surface area contributed by atoms with Crippen molar-refractivity contribution in [2.75, 3.05) is 13.2 Å². The second-order valence-electron chi connectivity index (χ2n) is 3.15. The van der Waals surface area contributed by atoms with Gasteiger partial charge < -0.3 is 4.74 Å². The van der Waals surface area contributed by atoms with Crippen molar-refractivity contribution in [3.8, 4) is 0 Å². The minimum Gasteiger partial charge on any atom is -0.378 e. The Morgan fingerprint density at radius 3 is 2.38 bits per heavy atom. The fraction of sp³-hybridized carbons (Fsp3) is 0.333. The van der Waals surface area contributed by atoms with Gasteiger partial charge in [-0.25, -0.2) is 8.78 Å². The highest BCUT2D eigenvalue weighted by Crippen LogP contribution is 2.36. The molecule has 1 heterocycles. The van der Waals surface area contributed by atoms with Gasteiger partial charge >= 0.3 is 0 Å². The molecule has 0 spiro atoms. The zero-order valence-electron chi connectivity index (χ0n) is 6.76. The topological polar surface area (TPSA) is 9.23 Å². The molecule has 0 bridgehead atoms. The standard InChI is InChI=1S/C9H8F2OS/c10-7-2-1-6(3-8(7)11)9(13)4-12-5-9/h1-3,13H,4-5H2. The van der Waals surface area contributed by atoms with Crippen LogP contribution in [-0.4, -0.2) is 13.2 Å². The Kier molecular flexibility index (Phi) is 2.04. The molecule has 0 radical (unpaired) electrons. The first-order chi connectivity index (χ1) is 6.12. The number of thiol groups is 1. The predicted octanol–water partition coefficient (Wildman–Crippen LogP) is 2.12. The van der Waals surface area contributed by atoms with Crippen molar-refractivity contribution < 1.29 is 13.5 Å². The maximum atomic E-state index is 12.8. The van der Waals surface area contributed by atoms with E-state index in [1.165, 1.54) is 12.1 Å². The molecule has 1 fully saturated rings. The summed E-state index contributed by atoms with van der Waals surface area (Å²) >= 11 is 4.33. The summed E-state index contributed by atoms with van der Waals surface area (Å²) in [6.07, 6.45) is 0. The first-order valence-electron chi connectivity index (χ1n) is 3.87. The summed E-state index contributed by atoms with van der Waals surface area (Å²) in [5, 5.41) is 0. The van der Waals surface area contributed by atoms with Crippen LogP contribution >= 0.6 is 12.6 Å². The van der Waals surface area contributed by atoms with E-state index < -0.39 is 16.4 Å². The Morgan fingerprint density at radius 1 is 1.23 bits per heavy atom. The van der Waals surface area contributed by atoms with Gasteiger partial charge in [0.15, 0.2) is 11.6 Å². The van der Waals surface area contributed by atoms with Crippen molar-refractivity contribution in [3.63, 3.8) is 0 Å². The maximum Gasteiger partial charge on any atom is 0.159 e. The Labute approximate surface area is 80.1 Å². The van der Waals surface area contributed by atoms with Crippen LogP contribution in [0.15, 0.2) is 18.2 Å². The lowest BCUT2D eigenvalue weighted by atomic mass is 9.96. The third kappa shape index (κ3) is 1.44. The van der Waals surface area contributed by atoms with Crippen LogP contribution in [0, 0.1) is 11.6 Å². The van der Waals surface area contributed by atoms with Crippen LogP contribution in [0.25, 0.3) is 0 Å². The average Bonchev–Trinajstić information content (AvgIpc) is 2.06. The van der Waals surface area contributed by atoms with Crippen LogP contribution in [0.5, 0.6) is 0 Å². The number of rotatable bonds is 1. The molecule has 0 unspecified atom stereocenters. The van der Waals surface area contributed by atoms with E-state index in [1.54, 1.807) is 0 Å². The molecule has 1 aliphatic rings. The van der Waals surface area contributed by atoms with Crippen LogP contribution in [0.2, 0.25) is 0 Å². The molecule has 0 amide bonds. The van der Waals surface area contributed by atoms with E-state index in [2.05, 4.69) is 12.6 Å². The zero-order valence-corrected chi connectivity index (χ0v) is 7.65. The fourth-order valence-corrected chi connectivity index (χ4v) is 1.57. The molecule has 0 atom stereocenters. The van der Waals surface area contributed by atoms with Gasteiger partial charge in [0.25, 0.3) is 0 Å². The summed E-state index contributed by atoms with van der Waals surface area (Å²) < 4.78 is 29.9. The van der Waals surface area contributed by atoms with E-state index in [0.29, 0.717) is 18.8 Å². The third-order valence-corrected chi connectivity index (χ3v) is 2.66. The van der Waals surface area contributed by atoms with Gasteiger partial charge in [0, 0.05) is 0 Å². The van der Waals surface area contributed by atoms with E-state index in [0.717, 1.165) is 6.07 Å². The summed E-state index contributed by atoms with van der Waals surface area (Å²) in [7, 11) is 0. The number of ether oxygens (including phenoxy) is 1. The molecule has 1 nitrogen and oxygen atoms in total. The van der Waals surface area contributed by atoms with Crippen LogP contribution in [0.3, 0.4) is 0 Å². The second kappa shape index (κ2) is 2.96. The largest absolute Gasteiger partial charge is 0.378 e. The number of benzene rings is 1. The summed E-state index contributed by atoms with van der Waals surface area (Å²) in [5.41, 5.74) is 0.668. The van der Waals surface area contributed by atoms with E-state index in [1.807, 2.05) is 0 Å². The van der Waals surface area contributed by atoms with Gasteiger partial charge in [0.05, 0.1) is 18.0 Å². The number of hydrogen-bond donors (Lipinski definition) is 1. The van der Waals surface area contributed by atoms with Crippen molar-refractivity contribution in [2.45, 2.75) is 4.75 Å². The average molecular weight is 202 g/mol. The molecule has 1 aromatic rings. The molecule has 0 aromatic heterocycles. The summed E-state index contributed by atoms with van der Waals surface area (Å²) in [5.74, 6) is -1.67. The smallest absolute Gasteiger partial charge is 0.159 e. The van der Waals surface area contributed by atoms with Crippen molar-refractivity contribution in [3.05, 3.63) is 35.4 Å². The summed E-state index contributed by atoms with van der Waals surface area (Å²) in [6, 6.07) is 3.82. The Bertz CT molecular complexity index is 336. The SMILES string of the molecule is Fc1ccc(C2(S)COC2)cc1F. The van der Waals surface area contributed by atoms with Gasteiger partial charge in [-0.3, -0.25) is 0 Å². The van der Waals surface area contributed by atoms with Crippen LogP contribution < -0.4 is 0 Å². The van der Waals surface area contributed by atoms with Gasteiger partial charge in [0.1, 0.15) is 0 Å².